The van der Waals surface area contributed by atoms with Gasteiger partial charge in [-0.2, -0.15) is 0 Å². The van der Waals surface area contributed by atoms with E-state index in [-0.39, 0.29) is 6.04 Å². The van der Waals surface area contributed by atoms with Crippen molar-refractivity contribution in [1.82, 2.24) is 4.98 Å². The molecule has 3 heteroatoms. The Morgan fingerprint density at radius 2 is 2.45 bits per heavy atom. The minimum atomic E-state index is 0.127. The summed E-state index contributed by atoms with van der Waals surface area (Å²) in [5.41, 5.74) is 8.03. The predicted molar refractivity (Wildman–Crippen MR) is 44.5 cm³/mol. The van der Waals surface area contributed by atoms with Gasteiger partial charge in [-0.1, -0.05) is 11.6 Å². The minimum Gasteiger partial charge on any atom is -0.323 e. The molecule has 1 aromatic rings. The molecule has 1 aliphatic carbocycles. The maximum atomic E-state index is 5.79. The van der Waals surface area contributed by atoms with Gasteiger partial charge in [0.25, 0.3) is 0 Å². The van der Waals surface area contributed by atoms with Crippen molar-refractivity contribution >= 4 is 11.6 Å². The Hall–Kier alpha value is -0.600. The van der Waals surface area contributed by atoms with Crippen molar-refractivity contribution < 1.29 is 0 Å². The van der Waals surface area contributed by atoms with Crippen LogP contribution < -0.4 is 5.73 Å². The molecular formula is C8H9ClN2. The van der Waals surface area contributed by atoms with Crippen LogP contribution in [0.4, 0.5) is 0 Å². The molecule has 0 amide bonds. The third-order valence-corrected chi connectivity index (χ3v) is 2.25. The van der Waals surface area contributed by atoms with Crippen LogP contribution in [0.3, 0.4) is 0 Å². The SMILES string of the molecule is N[C@@H]1CCc2cc(Cl)cnc21. The normalized spacial score (nSPS) is 21.8. The zero-order chi connectivity index (χ0) is 7.84. The van der Waals surface area contributed by atoms with E-state index in [1.165, 1.54) is 5.56 Å². The molecule has 2 nitrogen and oxygen atoms in total. The van der Waals surface area contributed by atoms with Gasteiger partial charge in [0.15, 0.2) is 0 Å². The molecule has 1 aliphatic rings. The van der Waals surface area contributed by atoms with Crippen molar-refractivity contribution in [2.45, 2.75) is 18.9 Å². The maximum Gasteiger partial charge on any atom is 0.0604 e. The van der Waals surface area contributed by atoms with Crippen LogP contribution in [-0.2, 0) is 6.42 Å². The van der Waals surface area contributed by atoms with Crippen molar-refractivity contribution in [3.63, 3.8) is 0 Å². The van der Waals surface area contributed by atoms with Crippen LogP contribution >= 0.6 is 11.6 Å². The number of hydrogen-bond acceptors (Lipinski definition) is 2. The Bertz CT molecular complexity index is 285. The van der Waals surface area contributed by atoms with Crippen LogP contribution in [0.5, 0.6) is 0 Å². The minimum absolute atomic E-state index is 0.127. The number of nitrogens with zero attached hydrogens (tertiary/aromatic N) is 1. The van der Waals surface area contributed by atoms with Crippen molar-refractivity contribution in [1.29, 1.82) is 0 Å². The summed E-state index contributed by atoms with van der Waals surface area (Å²) in [4.78, 5) is 4.18. The quantitative estimate of drug-likeness (QED) is 0.640. The number of rotatable bonds is 0. The van der Waals surface area contributed by atoms with Crippen LogP contribution in [0.15, 0.2) is 12.3 Å². The third-order valence-electron chi connectivity index (χ3n) is 2.04. The van der Waals surface area contributed by atoms with Gasteiger partial charge in [0, 0.05) is 12.2 Å². The topological polar surface area (TPSA) is 38.9 Å². The number of pyridine rings is 1. The van der Waals surface area contributed by atoms with Crippen molar-refractivity contribution in [3.05, 3.63) is 28.5 Å². The summed E-state index contributed by atoms with van der Waals surface area (Å²) in [5.74, 6) is 0. The predicted octanol–water partition coefficient (Wildman–Crippen LogP) is 1.68. The first-order valence-electron chi connectivity index (χ1n) is 3.67. The first-order valence-corrected chi connectivity index (χ1v) is 4.05. The lowest BCUT2D eigenvalue weighted by molar-refractivity contribution is 0.698. The highest BCUT2D eigenvalue weighted by atomic mass is 35.5. The van der Waals surface area contributed by atoms with Crippen LogP contribution in [0.25, 0.3) is 0 Å². The van der Waals surface area contributed by atoms with E-state index in [0.29, 0.717) is 5.02 Å². The molecule has 11 heavy (non-hydrogen) atoms. The van der Waals surface area contributed by atoms with Crippen molar-refractivity contribution in [3.8, 4) is 0 Å². The smallest absolute Gasteiger partial charge is 0.0604 e. The van der Waals surface area contributed by atoms with Crippen LogP contribution in [0.1, 0.15) is 23.7 Å². The lowest BCUT2D eigenvalue weighted by Crippen LogP contribution is -2.06. The fourth-order valence-electron chi connectivity index (χ4n) is 1.47. The van der Waals surface area contributed by atoms with Crippen LogP contribution in [0, 0.1) is 0 Å². The molecular weight excluding hydrogens is 160 g/mol. The molecule has 0 aliphatic heterocycles. The Balaban J connectivity index is 2.50. The highest BCUT2D eigenvalue weighted by Crippen LogP contribution is 2.28. The molecule has 0 saturated carbocycles. The first-order chi connectivity index (χ1) is 5.27. The highest BCUT2D eigenvalue weighted by molar-refractivity contribution is 6.30. The molecule has 58 valence electrons. The van der Waals surface area contributed by atoms with E-state index >= 15 is 0 Å². The van der Waals surface area contributed by atoms with Crippen molar-refractivity contribution in [2.24, 2.45) is 5.73 Å². The van der Waals surface area contributed by atoms with Gasteiger partial charge in [-0.3, -0.25) is 4.98 Å². The summed E-state index contributed by atoms with van der Waals surface area (Å²) in [5, 5.41) is 0.706. The Morgan fingerprint density at radius 1 is 1.64 bits per heavy atom. The second kappa shape index (κ2) is 2.47. The zero-order valence-corrected chi connectivity index (χ0v) is 6.80. The molecule has 1 heterocycles. The third kappa shape index (κ3) is 1.12. The fraction of sp³-hybridized carbons (Fsp3) is 0.375. The number of fused-ring (bicyclic) bond motifs is 1. The largest absolute Gasteiger partial charge is 0.323 e. The first kappa shape index (κ1) is 7.07. The van der Waals surface area contributed by atoms with Crippen LogP contribution in [-0.4, -0.2) is 4.98 Å². The average molecular weight is 169 g/mol. The fourth-order valence-corrected chi connectivity index (χ4v) is 1.65. The van der Waals surface area contributed by atoms with Gasteiger partial charge < -0.3 is 5.73 Å². The summed E-state index contributed by atoms with van der Waals surface area (Å²) in [6.07, 6.45) is 3.68. The van der Waals surface area contributed by atoms with Gasteiger partial charge in [0.1, 0.15) is 0 Å². The van der Waals surface area contributed by atoms with Gasteiger partial charge in [0.05, 0.1) is 10.7 Å². The Kier molecular flexibility index (Phi) is 1.59. The number of nitrogens with two attached hydrogens (primary N) is 1. The monoisotopic (exact) mass is 168 g/mol. The van der Waals surface area contributed by atoms with Gasteiger partial charge in [-0.05, 0) is 24.5 Å². The van der Waals surface area contributed by atoms with E-state index in [9.17, 15) is 0 Å². The number of hydrogen-bond donors (Lipinski definition) is 1. The van der Waals surface area contributed by atoms with E-state index in [1.807, 2.05) is 6.07 Å². The number of halogens is 1. The van der Waals surface area contributed by atoms with E-state index < -0.39 is 0 Å². The molecule has 0 aromatic carbocycles. The Labute approximate surface area is 70.4 Å². The van der Waals surface area contributed by atoms with E-state index in [4.69, 9.17) is 17.3 Å². The lowest BCUT2D eigenvalue weighted by Gasteiger charge is -2.01. The molecule has 2 rings (SSSR count). The molecule has 1 aromatic heterocycles. The Morgan fingerprint density at radius 3 is 3.27 bits per heavy atom. The summed E-state index contributed by atoms with van der Waals surface area (Å²) in [6.45, 7) is 0. The molecule has 0 radical (unpaired) electrons. The van der Waals surface area contributed by atoms with E-state index in [0.717, 1.165) is 18.5 Å². The van der Waals surface area contributed by atoms with Gasteiger partial charge in [-0.25, -0.2) is 0 Å². The van der Waals surface area contributed by atoms with Crippen LogP contribution in [0.2, 0.25) is 5.02 Å². The zero-order valence-electron chi connectivity index (χ0n) is 6.05. The van der Waals surface area contributed by atoms with E-state index in [2.05, 4.69) is 4.98 Å². The standard InChI is InChI=1S/C8H9ClN2/c9-6-3-5-1-2-7(10)8(5)11-4-6/h3-4,7H,1-2,10H2/t7-/m1/s1. The highest BCUT2D eigenvalue weighted by Gasteiger charge is 2.19. The van der Waals surface area contributed by atoms with Gasteiger partial charge in [0.2, 0.25) is 0 Å². The van der Waals surface area contributed by atoms with Gasteiger partial charge in [-0.15, -0.1) is 0 Å². The molecule has 0 spiro atoms. The second-order valence-corrected chi connectivity index (χ2v) is 3.28. The molecule has 1 atom stereocenters. The molecule has 0 bridgehead atoms. The molecule has 0 unspecified atom stereocenters. The molecule has 0 fully saturated rings. The van der Waals surface area contributed by atoms with Gasteiger partial charge >= 0.3 is 0 Å². The number of aromatic nitrogens is 1. The summed E-state index contributed by atoms with van der Waals surface area (Å²) in [6, 6.07) is 2.08. The maximum absolute atomic E-state index is 5.79. The average Bonchev–Trinajstić information content (AvgIpc) is 2.32. The lowest BCUT2D eigenvalue weighted by atomic mass is 10.2. The number of aryl methyl sites for hydroxylation is 1. The van der Waals surface area contributed by atoms with E-state index in [1.54, 1.807) is 6.20 Å². The molecule has 0 saturated heterocycles. The molecule has 2 N–H and O–H groups in total. The second-order valence-electron chi connectivity index (χ2n) is 2.84. The van der Waals surface area contributed by atoms with Crippen molar-refractivity contribution in [2.75, 3.05) is 0 Å². The summed E-state index contributed by atoms with van der Waals surface area (Å²) < 4.78 is 0. The summed E-state index contributed by atoms with van der Waals surface area (Å²) in [7, 11) is 0. The summed E-state index contributed by atoms with van der Waals surface area (Å²) >= 11 is 5.77.